The van der Waals surface area contributed by atoms with Crippen LogP contribution in [-0.4, -0.2) is 22.5 Å². The minimum absolute atomic E-state index is 0.615. The summed E-state index contributed by atoms with van der Waals surface area (Å²) in [6, 6.07) is 4.92. The molecule has 1 unspecified atom stereocenters. The summed E-state index contributed by atoms with van der Waals surface area (Å²) in [5.41, 5.74) is 1.31. The van der Waals surface area contributed by atoms with Gasteiger partial charge in [-0.1, -0.05) is 24.4 Å². The predicted molar refractivity (Wildman–Crippen MR) is 74.6 cm³/mol. The lowest BCUT2D eigenvalue weighted by molar-refractivity contribution is 0.183. The molecule has 2 fully saturated rings. The van der Waals surface area contributed by atoms with E-state index in [-0.39, 0.29) is 0 Å². The summed E-state index contributed by atoms with van der Waals surface area (Å²) in [6.45, 7) is 2.30. The molecule has 1 aliphatic heterocycles. The molecule has 98 valence electrons. The topological polar surface area (TPSA) is 16.1 Å². The lowest BCUT2D eigenvalue weighted by Gasteiger charge is -2.29. The van der Waals surface area contributed by atoms with Crippen LogP contribution >= 0.6 is 11.6 Å². The molecule has 0 spiro atoms. The third-order valence-electron chi connectivity index (χ3n) is 4.53. The van der Waals surface area contributed by atoms with E-state index in [0.29, 0.717) is 5.15 Å². The van der Waals surface area contributed by atoms with Crippen molar-refractivity contribution in [1.29, 1.82) is 0 Å². The summed E-state index contributed by atoms with van der Waals surface area (Å²) in [7, 11) is 0. The van der Waals surface area contributed by atoms with Gasteiger partial charge in [-0.3, -0.25) is 4.90 Å². The minimum Gasteiger partial charge on any atom is -0.296 e. The SMILES string of the molecule is Clc1cc(CN2CCCC2C2CCCC2)ccn1. The van der Waals surface area contributed by atoms with E-state index in [1.54, 1.807) is 0 Å². The molecule has 1 aromatic heterocycles. The summed E-state index contributed by atoms with van der Waals surface area (Å²) in [4.78, 5) is 6.73. The van der Waals surface area contributed by atoms with Crippen molar-refractivity contribution in [1.82, 2.24) is 9.88 Å². The molecule has 2 aliphatic rings. The van der Waals surface area contributed by atoms with Crippen molar-refractivity contribution < 1.29 is 0 Å². The Kier molecular flexibility index (Phi) is 3.86. The highest BCUT2D eigenvalue weighted by Crippen LogP contribution is 2.36. The van der Waals surface area contributed by atoms with Gasteiger partial charge in [0.25, 0.3) is 0 Å². The average molecular weight is 265 g/mol. The average Bonchev–Trinajstić information content (AvgIpc) is 2.98. The minimum atomic E-state index is 0.615. The summed E-state index contributed by atoms with van der Waals surface area (Å²) in [5, 5.41) is 0.615. The maximum absolute atomic E-state index is 5.96. The molecule has 1 aromatic rings. The highest BCUT2D eigenvalue weighted by Gasteiger charge is 2.32. The number of halogens is 1. The van der Waals surface area contributed by atoms with E-state index in [1.165, 1.54) is 50.6 Å². The van der Waals surface area contributed by atoms with E-state index in [4.69, 9.17) is 11.6 Å². The zero-order chi connectivity index (χ0) is 12.4. The van der Waals surface area contributed by atoms with Gasteiger partial charge >= 0.3 is 0 Å². The molecule has 0 radical (unpaired) electrons. The summed E-state index contributed by atoms with van der Waals surface area (Å²) < 4.78 is 0. The van der Waals surface area contributed by atoms with Crippen LogP contribution in [0.2, 0.25) is 5.15 Å². The van der Waals surface area contributed by atoms with E-state index in [0.717, 1.165) is 18.5 Å². The molecular weight excluding hydrogens is 244 g/mol. The highest BCUT2D eigenvalue weighted by molar-refractivity contribution is 6.29. The first kappa shape index (κ1) is 12.4. The summed E-state index contributed by atoms with van der Waals surface area (Å²) in [5.74, 6) is 0.949. The zero-order valence-corrected chi connectivity index (χ0v) is 11.6. The van der Waals surface area contributed by atoms with Crippen LogP contribution < -0.4 is 0 Å². The van der Waals surface area contributed by atoms with E-state index < -0.39 is 0 Å². The lowest BCUT2D eigenvalue weighted by Crippen LogP contribution is -2.34. The highest BCUT2D eigenvalue weighted by atomic mass is 35.5. The fourth-order valence-electron chi connectivity index (χ4n) is 3.70. The number of likely N-dealkylation sites (tertiary alicyclic amines) is 1. The van der Waals surface area contributed by atoms with E-state index in [9.17, 15) is 0 Å². The quantitative estimate of drug-likeness (QED) is 0.770. The molecule has 1 aliphatic carbocycles. The standard InChI is InChI=1S/C15H21ClN2/c16-15-10-12(7-8-17-15)11-18-9-3-6-14(18)13-4-1-2-5-13/h7-8,10,13-14H,1-6,9,11H2. The number of hydrogen-bond donors (Lipinski definition) is 0. The Bertz CT molecular complexity index is 401. The third kappa shape index (κ3) is 2.70. The molecular formula is C15H21ClN2. The molecule has 0 amide bonds. The van der Waals surface area contributed by atoms with Crippen LogP contribution in [0.4, 0.5) is 0 Å². The number of aromatic nitrogens is 1. The Balaban J connectivity index is 1.67. The summed E-state index contributed by atoms with van der Waals surface area (Å²) >= 11 is 5.96. The molecule has 1 saturated carbocycles. The lowest BCUT2D eigenvalue weighted by atomic mass is 9.96. The van der Waals surface area contributed by atoms with Gasteiger partial charge in [-0.2, -0.15) is 0 Å². The van der Waals surface area contributed by atoms with Crippen LogP contribution in [0.5, 0.6) is 0 Å². The van der Waals surface area contributed by atoms with Crippen molar-refractivity contribution in [3.8, 4) is 0 Å². The monoisotopic (exact) mass is 264 g/mol. The Morgan fingerprint density at radius 3 is 2.83 bits per heavy atom. The van der Waals surface area contributed by atoms with Crippen molar-refractivity contribution in [2.45, 2.75) is 51.1 Å². The van der Waals surface area contributed by atoms with Crippen LogP contribution in [0.3, 0.4) is 0 Å². The molecule has 18 heavy (non-hydrogen) atoms. The van der Waals surface area contributed by atoms with Gasteiger partial charge in [0.05, 0.1) is 0 Å². The first-order chi connectivity index (χ1) is 8.83. The number of pyridine rings is 1. The summed E-state index contributed by atoms with van der Waals surface area (Å²) in [6.07, 6.45) is 10.3. The molecule has 1 saturated heterocycles. The van der Waals surface area contributed by atoms with Crippen molar-refractivity contribution >= 4 is 11.6 Å². The second-order valence-electron chi connectivity index (χ2n) is 5.71. The zero-order valence-electron chi connectivity index (χ0n) is 10.8. The van der Waals surface area contributed by atoms with E-state index >= 15 is 0 Å². The molecule has 0 aromatic carbocycles. The molecule has 2 nitrogen and oxygen atoms in total. The van der Waals surface area contributed by atoms with Gasteiger partial charge in [-0.25, -0.2) is 4.98 Å². The second-order valence-corrected chi connectivity index (χ2v) is 6.10. The Labute approximate surface area is 114 Å². The first-order valence-electron chi connectivity index (χ1n) is 7.17. The molecule has 2 heterocycles. The van der Waals surface area contributed by atoms with Gasteiger partial charge in [0, 0.05) is 18.8 Å². The number of rotatable bonds is 3. The van der Waals surface area contributed by atoms with Gasteiger partial charge < -0.3 is 0 Å². The van der Waals surface area contributed by atoms with Gasteiger partial charge in [0.2, 0.25) is 0 Å². The van der Waals surface area contributed by atoms with Crippen LogP contribution in [-0.2, 0) is 6.54 Å². The van der Waals surface area contributed by atoms with Gasteiger partial charge in [0.1, 0.15) is 5.15 Å². The van der Waals surface area contributed by atoms with Crippen LogP contribution in [0.1, 0.15) is 44.1 Å². The van der Waals surface area contributed by atoms with Crippen LogP contribution in [0.15, 0.2) is 18.3 Å². The smallest absolute Gasteiger partial charge is 0.129 e. The van der Waals surface area contributed by atoms with E-state index in [1.807, 2.05) is 12.3 Å². The molecule has 3 rings (SSSR count). The van der Waals surface area contributed by atoms with Gasteiger partial charge in [0.15, 0.2) is 0 Å². The van der Waals surface area contributed by atoms with Gasteiger partial charge in [-0.05, 0) is 55.8 Å². The molecule has 3 heteroatoms. The normalized spacial score (nSPS) is 25.9. The fraction of sp³-hybridized carbons (Fsp3) is 0.667. The van der Waals surface area contributed by atoms with Crippen molar-refractivity contribution in [2.75, 3.05) is 6.54 Å². The van der Waals surface area contributed by atoms with Crippen molar-refractivity contribution in [3.63, 3.8) is 0 Å². The number of hydrogen-bond acceptors (Lipinski definition) is 2. The Morgan fingerprint density at radius 2 is 2.06 bits per heavy atom. The van der Waals surface area contributed by atoms with Gasteiger partial charge in [-0.15, -0.1) is 0 Å². The van der Waals surface area contributed by atoms with Crippen molar-refractivity contribution in [3.05, 3.63) is 29.0 Å². The number of nitrogens with zero attached hydrogens (tertiary/aromatic N) is 2. The van der Waals surface area contributed by atoms with Crippen LogP contribution in [0.25, 0.3) is 0 Å². The molecule has 1 atom stereocenters. The first-order valence-corrected chi connectivity index (χ1v) is 7.55. The fourth-order valence-corrected chi connectivity index (χ4v) is 3.90. The maximum Gasteiger partial charge on any atom is 0.129 e. The van der Waals surface area contributed by atoms with E-state index in [2.05, 4.69) is 16.0 Å². The Hall–Kier alpha value is -0.600. The maximum atomic E-state index is 5.96. The van der Waals surface area contributed by atoms with Crippen LogP contribution in [0, 0.1) is 5.92 Å². The third-order valence-corrected chi connectivity index (χ3v) is 4.74. The predicted octanol–water partition coefficient (Wildman–Crippen LogP) is 3.89. The Morgan fingerprint density at radius 1 is 1.22 bits per heavy atom. The molecule has 0 bridgehead atoms. The molecule has 0 N–H and O–H groups in total. The van der Waals surface area contributed by atoms with Crippen molar-refractivity contribution in [2.24, 2.45) is 5.92 Å². The second kappa shape index (κ2) is 5.58. The largest absolute Gasteiger partial charge is 0.296 e.